The number of Topliss-reactive ketones (excluding diaryl/α,β-unsaturated/α-hetero) is 1. The number of methoxy groups -OCH3 is 1. The zero-order valence-electron chi connectivity index (χ0n) is 19.8. The number of carbonyl (C=O) groups excluding carboxylic acids is 2. The second-order valence-corrected chi connectivity index (χ2v) is 9.16. The largest absolute Gasteiger partial charge is 0.503 e. The minimum absolute atomic E-state index is 0.0388. The number of aliphatic hydroxyl groups is 1. The van der Waals surface area contributed by atoms with Crippen LogP contribution in [0.15, 0.2) is 82.5 Å². The first-order valence-electron chi connectivity index (χ1n) is 11.4. The standard InChI is InChI=1S/C28H21Cl2NO6/c1-3-36-22-12-15(7-9-21(22)35-2)25-24(26(32)23-13-16-11-18(30)8-10-20(16)37-23)27(33)28(34)31(25)19-6-4-5-17(29)14-19/h4-14,25,33H,3H2,1-2H3. The molecule has 0 spiro atoms. The number of hydrogen-bond donors (Lipinski definition) is 1. The summed E-state index contributed by atoms with van der Waals surface area (Å²) in [5.74, 6) is -1.19. The van der Waals surface area contributed by atoms with Crippen LogP contribution in [0.4, 0.5) is 5.69 Å². The van der Waals surface area contributed by atoms with Crippen LogP contribution >= 0.6 is 23.2 Å². The topological polar surface area (TPSA) is 89.2 Å². The summed E-state index contributed by atoms with van der Waals surface area (Å²) in [6.45, 7) is 2.20. The lowest BCUT2D eigenvalue weighted by molar-refractivity contribution is -0.117. The molecule has 9 heteroatoms. The summed E-state index contributed by atoms with van der Waals surface area (Å²) in [5.41, 5.74) is 1.23. The molecule has 0 aliphatic carbocycles. The first-order valence-corrected chi connectivity index (χ1v) is 12.1. The Morgan fingerprint density at radius 1 is 1.03 bits per heavy atom. The number of aliphatic hydroxyl groups excluding tert-OH is 1. The van der Waals surface area contributed by atoms with Crippen molar-refractivity contribution in [2.24, 2.45) is 0 Å². The van der Waals surface area contributed by atoms with Gasteiger partial charge in [-0.25, -0.2) is 0 Å². The predicted molar refractivity (Wildman–Crippen MR) is 141 cm³/mol. The molecule has 1 N–H and O–H groups in total. The zero-order valence-corrected chi connectivity index (χ0v) is 21.3. The predicted octanol–water partition coefficient (Wildman–Crippen LogP) is 6.93. The van der Waals surface area contributed by atoms with Crippen LogP contribution in [-0.2, 0) is 4.79 Å². The molecule has 4 aromatic rings. The highest BCUT2D eigenvalue weighted by Gasteiger charge is 2.45. The molecule has 0 bridgehead atoms. The molecule has 0 radical (unpaired) electrons. The van der Waals surface area contributed by atoms with Crippen molar-refractivity contribution in [1.29, 1.82) is 0 Å². The van der Waals surface area contributed by atoms with Crippen LogP contribution < -0.4 is 14.4 Å². The van der Waals surface area contributed by atoms with Gasteiger partial charge in [-0.15, -0.1) is 0 Å². The molecule has 1 amide bonds. The zero-order chi connectivity index (χ0) is 26.3. The van der Waals surface area contributed by atoms with Gasteiger partial charge in [-0.2, -0.15) is 0 Å². The monoisotopic (exact) mass is 537 g/mol. The summed E-state index contributed by atoms with van der Waals surface area (Å²) in [6, 6.07) is 17.2. The van der Waals surface area contributed by atoms with Crippen LogP contribution in [0.1, 0.15) is 29.1 Å². The molecule has 0 saturated heterocycles. The van der Waals surface area contributed by atoms with Crippen molar-refractivity contribution in [2.45, 2.75) is 13.0 Å². The van der Waals surface area contributed by atoms with E-state index in [2.05, 4.69) is 0 Å². The van der Waals surface area contributed by atoms with E-state index in [1.165, 1.54) is 18.1 Å². The molecule has 188 valence electrons. The SMILES string of the molecule is CCOc1cc(C2C(C(=O)c3cc4cc(Cl)ccc4o3)=C(O)C(=O)N2c2cccc(Cl)c2)ccc1OC. The lowest BCUT2D eigenvalue weighted by Gasteiger charge is -2.27. The van der Waals surface area contributed by atoms with Crippen LogP contribution in [0.25, 0.3) is 11.0 Å². The maximum absolute atomic E-state index is 13.8. The molecule has 5 rings (SSSR count). The van der Waals surface area contributed by atoms with Crippen LogP contribution in [0, 0.1) is 0 Å². The van der Waals surface area contributed by atoms with Crippen LogP contribution in [0.3, 0.4) is 0 Å². The lowest BCUT2D eigenvalue weighted by atomic mass is 9.94. The minimum atomic E-state index is -1.000. The number of ether oxygens (including phenoxy) is 2. The van der Waals surface area contributed by atoms with Crippen LogP contribution in [0.2, 0.25) is 10.0 Å². The molecule has 2 heterocycles. The van der Waals surface area contributed by atoms with Gasteiger partial charge in [0.25, 0.3) is 5.91 Å². The third kappa shape index (κ3) is 4.41. The summed E-state index contributed by atoms with van der Waals surface area (Å²) in [4.78, 5) is 28.6. The Labute approximate surface area is 222 Å². The molecule has 3 aromatic carbocycles. The third-order valence-electron chi connectivity index (χ3n) is 6.04. The minimum Gasteiger partial charge on any atom is -0.503 e. The molecule has 0 saturated carbocycles. The number of hydrogen-bond acceptors (Lipinski definition) is 6. The van der Waals surface area contributed by atoms with Gasteiger partial charge in [0.15, 0.2) is 23.0 Å². The highest BCUT2D eigenvalue weighted by atomic mass is 35.5. The van der Waals surface area contributed by atoms with E-state index >= 15 is 0 Å². The average Bonchev–Trinajstić information content (AvgIpc) is 3.42. The average molecular weight is 538 g/mol. The first-order chi connectivity index (χ1) is 17.8. The smallest absolute Gasteiger partial charge is 0.294 e. The fraction of sp³-hybridized carbons (Fsp3) is 0.143. The fourth-order valence-corrected chi connectivity index (χ4v) is 4.80. The Bertz CT molecular complexity index is 1570. The second-order valence-electron chi connectivity index (χ2n) is 8.29. The number of anilines is 1. The molecule has 1 aromatic heterocycles. The number of carbonyl (C=O) groups is 2. The molecular formula is C28H21Cl2NO6. The van der Waals surface area contributed by atoms with Crippen LogP contribution in [0.5, 0.6) is 11.5 Å². The Morgan fingerprint density at radius 2 is 1.81 bits per heavy atom. The van der Waals surface area contributed by atoms with Crippen molar-refractivity contribution < 1.29 is 28.6 Å². The van der Waals surface area contributed by atoms with E-state index in [1.807, 2.05) is 6.92 Å². The van der Waals surface area contributed by atoms with Crippen molar-refractivity contribution in [3.05, 3.63) is 99.4 Å². The number of nitrogens with zero attached hydrogens (tertiary/aromatic N) is 1. The second kappa shape index (κ2) is 9.84. The summed E-state index contributed by atoms with van der Waals surface area (Å²) in [5, 5.41) is 12.5. The van der Waals surface area contributed by atoms with Gasteiger partial charge in [-0.3, -0.25) is 14.5 Å². The highest BCUT2D eigenvalue weighted by Crippen LogP contribution is 2.44. The lowest BCUT2D eigenvalue weighted by Crippen LogP contribution is -2.31. The van der Waals surface area contributed by atoms with Gasteiger partial charge in [0.2, 0.25) is 5.78 Å². The van der Waals surface area contributed by atoms with Crippen LogP contribution in [-0.4, -0.2) is 30.5 Å². The van der Waals surface area contributed by atoms with E-state index in [4.69, 9.17) is 37.1 Å². The summed E-state index contributed by atoms with van der Waals surface area (Å²) >= 11 is 12.3. The van der Waals surface area contributed by atoms with Gasteiger partial charge < -0.3 is 19.0 Å². The van der Waals surface area contributed by atoms with Crippen molar-refractivity contribution in [3.8, 4) is 11.5 Å². The number of rotatable bonds is 7. The molecule has 0 fully saturated rings. The van der Waals surface area contributed by atoms with Crippen molar-refractivity contribution >= 4 is 51.5 Å². The molecule has 1 aliphatic rings. The Balaban J connectivity index is 1.68. The molecular weight excluding hydrogens is 517 g/mol. The number of benzene rings is 3. The van der Waals surface area contributed by atoms with Crippen molar-refractivity contribution in [1.82, 2.24) is 0 Å². The van der Waals surface area contributed by atoms with Gasteiger partial charge in [-0.1, -0.05) is 35.3 Å². The normalized spacial score (nSPS) is 15.5. The first kappa shape index (κ1) is 24.7. The van der Waals surface area contributed by atoms with Gasteiger partial charge in [0.1, 0.15) is 5.58 Å². The van der Waals surface area contributed by atoms with Crippen molar-refractivity contribution in [2.75, 3.05) is 18.6 Å². The molecule has 7 nitrogen and oxygen atoms in total. The van der Waals surface area contributed by atoms with E-state index in [0.717, 1.165) is 0 Å². The van der Waals surface area contributed by atoms with Gasteiger partial charge in [-0.05, 0) is 67.1 Å². The molecule has 37 heavy (non-hydrogen) atoms. The molecule has 1 atom stereocenters. The number of ketones is 1. The maximum atomic E-state index is 13.8. The number of halogens is 2. The quantitative estimate of drug-likeness (QED) is 0.257. The van der Waals surface area contributed by atoms with E-state index in [-0.39, 0.29) is 11.3 Å². The molecule has 1 aliphatic heterocycles. The van der Waals surface area contributed by atoms with Gasteiger partial charge in [0, 0.05) is 21.1 Å². The maximum Gasteiger partial charge on any atom is 0.294 e. The Kier molecular flexibility index (Phi) is 6.58. The number of furan rings is 1. The van der Waals surface area contributed by atoms with E-state index in [0.29, 0.717) is 50.4 Å². The van der Waals surface area contributed by atoms with Gasteiger partial charge in [0.05, 0.1) is 25.3 Å². The molecule has 1 unspecified atom stereocenters. The van der Waals surface area contributed by atoms with E-state index in [9.17, 15) is 14.7 Å². The van der Waals surface area contributed by atoms with Gasteiger partial charge >= 0.3 is 0 Å². The summed E-state index contributed by atoms with van der Waals surface area (Å²) in [7, 11) is 1.52. The van der Waals surface area contributed by atoms with E-state index < -0.39 is 23.5 Å². The third-order valence-corrected chi connectivity index (χ3v) is 6.51. The Hall–Kier alpha value is -3.94. The fourth-order valence-electron chi connectivity index (χ4n) is 4.44. The Morgan fingerprint density at radius 3 is 2.54 bits per heavy atom. The van der Waals surface area contributed by atoms with E-state index in [1.54, 1.807) is 60.7 Å². The highest BCUT2D eigenvalue weighted by molar-refractivity contribution is 6.31. The summed E-state index contributed by atoms with van der Waals surface area (Å²) in [6.07, 6.45) is 0. The summed E-state index contributed by atoms with van der Waals surface area (Å²) < 4.78 is 16.9. The number of amides is 1. The van der Waals surface area contributed by atoms with Crippen molar-refractivity contribution in [3.63, 3.8) is 0 Å². The number of fused-ring (bicyclic) bond motifs is 1.